The summed E-state index contributed by atoms with van der Waals surface area (Å²) >= 11 is 0. The van der Waals surface area contributed by atoms with Crippen LogP contribution in [0.2, 0.25) is 0 Å². The molecule has 5 N–H and O–H groups in total. The van der Waals surface area contributed by atoms with Gasteiger partial charge in [0.25, 0.3) is 15.6 Å². The number of hydrogen-bond acceptors (Lipinski definition) is 10. The molecule has 0 amide bonds. The van der Waals surface area contributed by atoms with Crippen LogP contribution in [0.1, 0.15) is 19.4 Å². The number of hydrogen-bond donors (Lipinski definition) is 4. The summed E-state index contributed by atoms with van der Waals surface area (Å²) in [5.41, 5.74) is 7.66. The summed E-state index contributed by atoms with van der Waals surface area (Å²) in [6.45, 7) is 4.32. The molecule has 14 heteroatoms. The Balaban J connectivity index is 1.92. The Kier molecular flexibility index (Phi) is 5.89. The highest BCUT2D eigenvalue weighted by Crippen LogP contribution is 2.40. The van der Waals surface area contributed by atoms with E-state index in [-0.39, 0.29) is 22.9 Å². The summed E-state index contributed by atoms with van der Waals surface area (Å²) in [4.78, 5) is 12.9. The van der Waals surface area contributed by atoms with Crippen LogP contribution in [0.15, 0.2) is 50.5 Å². The average Bonchev–Trinajstić information content (AvgIpc) is 2.74. The molecule has 0 radical (unpaired) electrons. The van der Waals surface area contributed by atoms with Crippen molar-refractivity contribution in [2.75, 3.05) is 29.3 Å². The molecule has 0 aliphatic carbocycles. The van der Waals surface area contributed by atoms with Gasteiger partial charge in [-0.1, -0.05) is 26.0 Å². The molecule has 2 aromatic carbocycles. The summed E-state index contributed by atoms with van der Waals surface area (Å²) in [5, 5.41) is 14.0. The Hall–Kier alpha value is -3.78. The normalized spacial score (nSPS) is 14.8. The lowest BCUT2D eigenvalue weighted by Gasteiger charge is -2.22. The number of aromatic hydroxyl groups is 1. The lowest BCUT2D eigenvalue weighted by atomic mass is 10.1. The molecule has 186 valence electrons. The highest BCUT2D eigenvalue weighted by Gasteiger charge is 2.33. The van der Waals surface area contributed by atoms with Gasteiger partial charge in [-0.05, 0) is 30.2 Å². The number of fused-ring (bicyclic) bond motifs is 2. The van der Waals surface area contributed by atoms with E-state index < -0.39 is 47.9 Å². The first kappa shape index (κ1) is 24.3. The predicted molar refractivity (Wildman–Crippen MR) is 133 cm³/mol. The van der Waals surface area contributed by atoms with Gasteiger partial charge in [-0.2, -0.15) is 16.8 Å². The molecule has 12 nitrogen and oxygen atoms in total. The maximum absolute atomic E-state index is 13.4. The Labute approximate surface area is 201 Å². The number of benzene rings is 2. The third-order valence-electron chi connectivity index (χ3n) is 5.07. The first-order chi connectivity index (χ1) is 16.3. The number of aromatic nitrogens is 1. The number of nitrogens with one attached hydrogen (secondary N) is 2. The van der Waals surface area contributed by atoms with Crippen LogP contribution in [0.3, 0.4) is 0 Å². The van der Waals surface area contributed by atoms with Gasteiger partial charge in [0.1, 0.15) is 16.2 Å². The summed E-state index contributed by atoms with van der Waals surface area (Å²) in [5.74, 6) is -1.07. The van der Waals surface area contributed by atoms with Crippen molar-refractivity contribution in [3.63, 3.8) is 0 Å². The minimum atomic E-state index is -4.53. The van der Waals surface area contributed by atoms with Crippen molar-refractivity contribution in [3.05, 3.63) is 52.3 Å². The third-order valence-corrected chi connectivity index (χ3v) is 6.93. The fraction of sp³-hybridized carbons (Fsp3) is 0.238. The maximum Gasteiger partial charge on any atom is 0.306 e. The van der Waals surface area contributed by atoms with Crippen LogP contribution in [-0.4, -0.2) is 45.3 Å². The largest absolute Gasteiger partial charge is 0.506 e. The second-order valence-electron chi connectivity index (χ2n) is 8.32. The molecule has 4 rings (SSSR count). The first-order valence-corrected chi connectivity index (χ1v) is 13.6. The fourth-order valence-corrected chi connectivity index (χ4v) is 5.30. The summed E-state index contributed by atoms with van der Waals surface area (Å²) in [6.07, 6.45) is 0.787. The van der Waals surface area contributed by atoms with E-state index in [1.165, 1.54) is 16.8 Å². The van der Waals surface area contributed by atoms with E-state index in [9.17, 15) is 26.7 Å². The second-order valence-corrected chi connectivity index (χ2v) is 11.4. The van der Waals surface area contributed by atoms with Crippen LogP contribution >= 0.6 is 0 Å². The van der Waals surface area contributed by atoms with Gasteiger partial charge in [0.15, 0.2) is 11.6 Å². The number of nitrogens with zero attached hydrogens (tertiary/aromatic N) is 2. The van der Waals surface area contributed by atoms with Gasteiger partial charge < -0.3 is 25.8 Å². The van der Waals surface area contributed by atoms with Gasteiger partial charge in [0, 0.05) is 11.9 Å². The molecule has 35 heavy (non-hydrogen) atoms. The molecule has 0 atom stereocenters. The Morgan fingerprint density at radius 2 is 1.91 bits per heavy atom. The van der Waals surface area contributed by atoms with Crippen LogP contribution in [0.25, 0.3) is 10.9 Å². The second kappa shape index (κ2) is 8.46. The number of pyridine rings is 1. The lowest BCUT2D eigenvalue weighted by molar-refractivity contribution is 0.478. The molecule has 1 aromatic heterocycles. The number of nitrogen functional groups attached to an aromatic ring is 1. The van der Waals surface area contributed by atoms with Gasteiger partial charge in [-0.3, -0.25) is 4.79 Å². The molecule has 0 saturated carbocycles. The topological polar surface area (TPSA) is 182 Å². The van der Waals surface area contributed by atoms with Gasteiger partial charge in [0.2, 0.25) is 0 Å². The zero-order valence-electron chi connectivity index (χ0n) is 18.9. The number of anilines is 2. The lowest BCUT2D eigenvalue weighted by Crippen LogP contribution is -2.37. The molecule has 0 saturated heterocycles. The summed E-state index contributed by atoms with van der Waals surface area (Å²) in [6, 6.07) is 8.98. The van der Waals surface area contributed by atoms with Crippen LogP contribution in [0.4, 0.5) is 11.4 Å². The van der Waals surface area contributed by atoms with Crippen LogP contribution in [-0.2, 0) is 20.1 Å². The molecule has 0 fully saturated rings. The van der Waals surface area contributed by atoms with Crippen molar-refractivity contribution in [1.29, 1.82) is 0 Å². The van der Waals surface area contributed by atoms with E-state index in [0.717, 1.165) is 6.26 Å². The number of rotatable bonds is 6. The monoisotopic (exact) mass is 521 g/mol. The van der Waals surface area contributed by atoms with E-state index in [0.29, 0.717) is 17.4 Å². The van der Waals surface area contributed by atoms with E-state index in [1.54, 1.807) is 24.3 Å². The highest BCUT2D eigenvalue weighted by atomic mass is 32.2. The van der Waals surface area contributed by atoms with Crippen LogP contribution < -0.4 is 26.2 Å². The van der Waals surface area contributed by atoms with E-state index >= 15 is 0 Å². The van der Waals surface area contributed by atoms with E-state index in [4.69, 9.17) is 9.92 Å². The zero-order valence-corrected chi connectivity index (χ0v) is 20.6. The summed E-state index contributed by atoms with van der Waals surface area (Å²) < 4.78 is 58.8. The Morgan fingerprint density at radius 3 is 2.57 bits per heavy atom. The smallest absolute Gasteiger partial charge is 0.306 e. The highest BCUT2D eigenvalue weighted by molar-refractivity contribution is 7.90. The van der Waals surface area contributed by atoms with Crippen molar-refractivity contribution >= 4 is 48.3 Å². The Bertz CT molecular complexity index is 1660. The summed E-state index contributed by atoms with van der Waals surface area (Å²) in [7, 11) is -8.51. The van der Waals surface area contributed by atoms with E-state index in [1.807, 2.05) is 13.8 Å². The van der Waals surface area contributed by atoms with Crippen molar-refractivity contribution in [1.82, 2.24) is 4.68 Å². The van der Waals surface area contributed by atoms with Gasteiger partial charge >= 0.3 is 10.1 Å². The SMILES string of the molecule is CC(C)CNn1c(=O)c(C2=NS(=O)(=O)c3c(ccc(OS(C)(=O)=O)c3N)N2)c(O)c2ccccc21. The average molecular weight is 522 g/mol. The quantitative estimate of drug-likeness (QED) is 0.273. The van der Waals surface area contributed by atoms with Gasteiger partial charge in [0.05, 0.1) is 23.1 Å². The number of sulfonamides is 1. The molecule has 3 aromatic rings. The van der Waals surface area contributed by atoms with Crippen LogP contribution in [0.5, 0.6) is 11.5 Å². The standard InChI is InChI=1S/C21H23N5O7S2/c1-11(2)10-23-26-14-7-5-4-6-12(14)18(27)16(21(26)28)20-24-13-8-9-15(33-34(3,29)30)17(22)19(13)35(31,32)25-20/h4-9,11,23,27H,10,22H2,1-3H3,(H,24,25). The third kappa shape index (κ3) is 4.49. The number of amidine groups is 1. The van der Waals surface area contributed by atoms with Gasteiger partial charge in [-0.15, -0.1) is 4.40 Å². The minimum Gasteiger partial charge on any atom is -0.506 e. The van der Waals surface area contributed by atoms with Crippen molar-refractivity contribution in [3.8, 4) is 11.5 Å². The maximum atomic E-state index is 13.4. The van der Waals surface area contributed by atoms with Crippen LogP contribution in [0, 0.1) is 5.92 Å². The number of nitrogens with two attached hydrogens (primary N) is 1. The van der Waals surface area contributed by atoms with Gasteiger partial charge in [-0.25, -0.2) is 4.68 Å². The molecule has 1 aliphatic rings. The Morgan fingerprint density at radius 1 is 1.23 bits per heavy atom. The van der Waals surface area contributed by atoms with Crippen molar-refractivity contribution in [2.24, 2.45) is 10.3 Å². The molecular weight excluding hydrogens is 498 g/mol. The molecule has 0 unspecified atom stereocenters. The van der Waals surface area contributed by atoms with E-state index in [2.05, 4.69) is 15.1 Å². The zero-order chi connectivity index (χ0) is 25.7. The minimum absolute atomic E-state index is 0.0676. The molecular formula is C21H23N5O7S2. The molecule has 2 heterocycles. The predicted octanol–water partition coefficient (Wildman–Crippen LogP) is 1.39. The fourth-order valence-electron chi connectivity index (χ4n) is 3.59. The first-order valence-electron chi connectivity index (χ1n) is 10.3. The molecule has 1 aliphatic heterocycles. The van der Waals surface area contributed by atoms with Crippen molar-refractivity contribution in [2.45, 2.75) is 18.7 Å². The van der Waals surface area contributed by atoms with Crippen molar-refractivity contribution < 1.29 is 26.1 Å². The number of para-hydroxylation sites is 1. The molecule has 0 spiro atoms. The molecule has 0 bridgehead atoms.